The molecule has 1 rings (SSSR count). The van der Waals surface area contributed by atoms with Gasteiger partial charge >= 0.3 is 5.97 Å². The number of aromatic carboxylic acids is 1. The van der Waals surface area contributed by atoms with Crippen LogP contribution in [0.25, 0.3) is 0 Å². The molecule has 18 heavy (non-hydrogen) atoms. The molecule has 0 fully saturated rings. The fourth-order valence-electron chi connectivity index (χ4n) is 1.31. The molecule has 0 aromatic heterocycles. The number of carbonyl (C=O) groups is 2. The second kappa shape index (κ2) is 6.48. The van der Waals surface area contributed by atoms with Crippen molar-refractivity contribution in [3.63, 3.8) is 0 Å². The molecule has 1 aromatic rings. The first kappa shape index (κ1) is 13.8. The summed E-state index contributed by atoms with van der Waals surface area (Å²) in [5.74, 6) is -0.623. The summed E-state index contributed by atoms with van der Waals surface area (Å²) in [6.07, 6.45) is 0.168. The van der Waals surface area contributed by atoms with Gasteiger partial charge in [-0.2, -0.15) is 0 Å². The topological polar surface area (TPSA) is 84.9 Å². The number of methoxy groups -OCH3 is 1. The summed E-state index contributed by atoms with van der Waals surface area (Å²) in [5, 5.41) is 11.5. The lowest BCUT2D eigenvalue weighted by Crippen LogP contribution is -2.20. The molecule has 0 saturated carbocycles. The molecule has 0 unspecified atom stereocenters. The van der Waals surface area contributed by atoms with Crippen molar-refractivity contribution < 1.29 is 24.2 Å². The molecule has 0 radical (unpaired) electrons. The van der Waals surface area contributed by atoms with E-state index in [-0.39, 0.29) is 30.2 Å². The molecule has 0 heterocycles. The molecule has 0 aliphatic carbocycles. The summed E-state index contributed by atoms with van der Waals surface area (Å²) in [6.45, 7) is 0.117. The number of hydrogen-bond donors (Lipinski definition) is 2. The lowest BCUT2D eigenvalue weighted by Gasteiger charge is -2.10. The Morgan fingerprint density at radius 3 is 2.67 bits per heavy atom. The molecule has 0 aliphatic heterocycles. The van der Waals surface area contributed by atoms with Crippen LogP contribution in [0.5, 0.6) is 11.5 Å². The normalized spacial score (nSPS) is 9.67. The Morgan fingerprint density at radius 2 is 2.11 bits per heavy atom. The van der Waals surface area contributed by atoms with E-state index in [4.69, 9.17) is 14.6 Å². The van der Waals surface area contributed by atoms with Gasteiger partial charge in [0.15, 0.2) is 0 Å². The molecule has 0 atom stereocenters. The van der Waals surface area contributed by atoms with E-state index < -0.39 is 5.97 Å². The third kappa shape index (κ3) is 3.65. The highest BCUT2D eigenvalue weighted by molar-refractivity contribution is 5.91. The SMILES string of the molecule is CNC(=O)CCOc1ccc(OC)cc1C(=O)O. The highest BCUT2D eigenvalue weighted by Crippen LogP contribution is 2.24. The third-order valence-electron chi connectivity index (χ3n) is 2.28. The summed E-state index contributed by atoms with van der Waals surface area (Å²) in [4.78, 5) is 22.0. The van der Waals surface area contributed by atoms with Crippen LogP contribution in [0.15, 0.2) is 18.2 Å². The summed E-state index contributed by atoms with van der Waals surface area (Å²) in [6, 6.07) is 4.48. The average molecular weight is 253 g/mol. The Kier molecular flexibility index (Phi) is 4.98. The second-order valence-electron chi connectivity index (χ2n) is 3.44. The molecule has 2 N–H and O–H groups in total. The molecule has 1 aromatic carbocycles. The number of nitrogens with one attached hydrogen (secondary N) is 1. The van der Waals surface area contributed by atoms with E-state index in [0.717, 1.165) is 0 Å². The number of carboxylic acids is 1. The van der Waals surface area contributed by atoms with Crippen molar-refractivity contribution in [1.82, 2.24) is 5.32 Å². The van der Waals surface area contributed by atoms with E-state index in [1.807, 2.05) is 0 Å². The predicted molar refractivity (Wildman–Crippen MR) is 64.1 cm³/mol. The van der Waals surface area contributed by atoms with Crippen LogP contribution in [0, 0.1) is 0 Å². The van der Waals surface area contributed by atoms with E-state index in [1.165, 1.54) is 26.3 Å². The molecule has 0 spiro atoms. The van der Waals surface area contributed by atoms with Gasteiger partial charge in [-0.3, -0.25) is 4.79 Å². The van der Waals surface area contributed by atoms with Crippen molar-refractivity contribution in [2.45, 2.75) is 6.42 Å². The average Bonchev–Trinajstić information content (AvgIpc) is 2.38. The number of benzene rings is 1. The fraction of sp³-hybridized carbons (Fsp3) is 0.333. The van der Waals surface area contributed by atoms with Gasteiger partial charge in [0.25, 0.3) is 0 Å². The molecule has 0 aliphatic rings. The second-order valence-corrected chi connectivity index (χ2v) is 3.44. The summed E-state index contributed by atoms with van der Waals surface area (Å²) in [5.41, 5.74) is 0.00579. The van der Waals surface area contributed by atoms with Crippen molar-refractivity contribution in [3.05, 3.63) is 23.8 Å². The Morgan fingerprint density at radius 1 is 1.39 bits per heavy atom. The predicted octanol–water partition coefficient (Wildman–Crippen LogP) is 0.908. The number of ether oxygens (including phenoxy) is 2. The zero-order chi connectivity index (χ0) is 13.5. The lowest BCUT2D eigenvalue weighted by atomic mass is 10.2. The lowest BCUT2D eigenvalue weighted by molar-refractivity contribution is -0.121. The Bertz CT molecular complexity index is 444. The van der Waals surface area contributed by atoms with Crippen LogP contribution in [0.4, 0.5) is 0 Å². The Balaban J connectivity index is 2.75. The summed E-state index contributed by atoms with van der Waals surface area (Å²) in [7, 11) is 2.98. The zero-order valence-corrected chi connectivity index (χ0v) is 10.2. The quantitative estimate of drug-likeness (QED) is 0.787. The van der Waals surface area contributed by atoms with Crippen LogP contribution in [0.2, 0.25) is 0 Å². The monoisotopic (exact) mass is 253 g/mol. The number of rotatable bonds is 6. The summed E-state index contributed by atoms with van der Waals surface area (Å²) >= 11 is 0. The van der Waals surface area contributed by atoms with E-state index >= 15 is 0 Å². The number of carbonyl (C=O) groups excluding carboxylic acids is 1. The molecule has 6 nitrogen and oxygen atoms in total. The van der Waals surface area contributed by atoms with Gasteiger partial charge < -0.3 is 19.9 Å². The zero-order valence-electron chi connectivity index (χ0n) is 10.2. The first-order valence-electron chi connectivity index (χ1n) is 5.33. The van der Waals surface area contributed by atoms with Gasteiger partial charge in [-0.1, -0.05) is 0 Å². The first-order chi connectivity index (χ1) is 8.58. The van der Waals surface area contributed by atoms with Crippen LogP contribution >= 0.6 is 0 Å². The third-order valence-corrected chi connectivity index (χ3v) is 2.28. The van der Waals surface area contributed by atoms with Gasteiger partial charge in [0, 0.05) is 7.05 Å². The minimum Gasteiger partial charge on any atom is -0.497 e. The molecule has 98 valence electrons. The fourth-order valence-corrected chi connectivity index (χ4v) is 1.31. The number of amides is 1. The maximum absolute atomic E-state index is 11.0. The molecule has 0 saturated heterocycles. The van der Waals surface area contributed by atoms with Crippen molar-refractivity contribution in [3.8, 4) is 11.5 Å². The molecular weight excluding hydrogens is 238 g/mol. The van der Waals surface area contributed by atoms with Gasteiger partial charge in [-0.25, -0.2) is 4.79 Å². The summed E-state index contributed by atoms with van der Waals surface area (Å²) < 4.78 is 10.2. The molecule has 1 amide bonds. The van der Waals surface area contributed by atoms with Gasteiger partial charge in [-0.05, 0) is 18.2 Å². The minimum absolute atomic E-state index is 0.00579. The van der Waals surface area contributed by atoms with Crippen molar-refractivity contribution in [1.29, 1.82) is 0 Å². The van der Waals surface area contributed by atoms with Crippen LogP contribution in [0.1, 0.15) is 16.8 Å². The molecule has 0 bridgehead atoms. The van der Waals surface area contributed by atoms with Gasteiger partial charge in [0.1, 0.15) is 17.1 Å². The Labute approximate surface area is 105 Å². The first-order valence-corrected chi connectivity index (χ1v) is 5.33. The largest absolute Gasteiger partial charge is 0.497 e. The molecule has 6 heteroatoms. The van der Waals surface area contributed by atoms with Crippen molar-refractivity contribution in [2.75, 3.05) is 20.8 Å². The van der Waals surface area contributed by atoms with Crippen molar-refractivity contribution >= 4 is 11.9 Å². The van der Waals surface area contributed by atoms with Gasteiger partial charge in [0.05, 0.1) is 20.1 Å². The minimum atomic E-state index is -1.11. The van der Waals surface area contributed by atoms with Crippen LogP contribution in [0.3, 0.4) is 0 Å². The highest BCUT2D eigenvalue weighted by Gasteiger charge is 2.13. The maximum Gasteiger partial charge on any atom is 0.339 e. The maximum atomic E-state index is 11.0. The number of carboxylic acid groups (broad SMARTS) is 1. The van der Waals surface area contributed by atoms with Crippen LogP contribution in [-0.2, 0) is 4.79 Å². The van der Waals surface area contributed by atoms with Gasteiger partial charge in [-0.15, -0.1) is 0 Å². The standard InChI is InChI=1S/C12H15NO5/c1-13-11(14)5-6-18-10-4-3-8(17-2)7-9(10)12(15)16/h3-4,7H,5-6H2,1-2H3,(H,13,14)(H,15,16). The smallest absolute Gasteiger partial charge is 0.339 e. The Hall–Kier alpha value is -2.24. The van der Waals surface area contributed by atoms with Crippen molar-refractivity contribution in [2.24, 2.45) is 0 Å². The van der Waals surface area contributed by atoms with E-state index in [9.17, 15) is 9.59 Å². The van der Waals surface area contributed by atoms with Crippen LogP contribution < -0.4 is 14.8 Å². The van der Waals surface area contributed by atoms with E-state index in [2.05, 4.69) is 5.32 Å². The number of hydrogen-bond acceptors (Lipinski definition) is 4. The highest BCUT2D eigenvalue weighted by atomic mass is 16.5. The molecular formula is C12H15NO5. The van der Waals surface area contributed by atoms with E-state index in [1.54, 1.807) is 6.07 Å². The van der Waals surface area contributed by atoms with Gasteiger partial charge in [0.2, 0.25) is 5.91 Å². The van der Waals surface area contributed by atoms with Crippen LogP contribution in [-0.4, -0.2) is 37.7 Å². The van der Waals surface area contributed by atoms with E-state index in [0.29, 0.717) is 5.75 Å².